The van der Waals surface area contributed by atoms with Gasteiger partial charge in [0.1, 0.15) is 0 Å². The SMILES string of the molecule is FC(F)(F)C(F)(F)c1ccc(Cl)c(Cl)c1. The first kappa shape index (κ1) is 12.5. The van der Waals surface area contributed by atoms with Gasteiger partial charge in [0, 0.05) is 5.56 Å². The topological polar surface area (TPSA) is 0 Å². The predicted octanol–water partition coefficient (Wildman–Crippen LogP) is 4.65. The second-order valence-electron chi connectivity index (χ2n) is 2.70. The molecule has 1 rings (SSSR count). The van der Waals surface area contributed by atoms with Gasteiger partial charge in [-0.1, -0.05) is 29.3 Å². The third-order valence-electron chi connectivity index (χ3n) is 1.64. The molecule has 0 N–H and O–H groups in total. The van der Waals surface area contributed by atoms with Gasteiger partial charge in [0.15, 0.2) is 0 Å². The number of halogens is 7. The van der Waals surface area contributed by atoms with Crippen molar-refractivity contribution in [3.05, 3.63) is 33.8 Å². The molecule has 0 heterocycles. The first-order valence-electron chi connectivity index (χ1n) is 3.56. The summed E-state index contributed by atoms with van der Waals surface area (Å²) in [7, 11) is 0. The lowest BCUT2D eigenvalue weighted by Gasteiger charge is -2.20. The van der Waals surface area contributed by atoms with Crippen molar-refractivity contribution < 1.29 is 22.0 Å². The van der Waals surface area contributed by atoms with E-state index in [4.69, 9.17) is 23.2 Å². The Kier molecular flexibility index (Phi) is 3.16. The van der Waals surface area contributed by atoms with Gasteiger partial charge in [-0.05, 0) is 12.1 Å². The zero-order valence-corrected chi connectivity index (χ0v) is 8.39. The summed E-state index contributed by atoms with van der Waals surface area (Å²) in [5.41, 5.74) is -1.23. The molecule has 0 aliphatic carbocycles. The van der Waals surface area contributed by atoms with Crippen LogP contribution in [0.3, 0.4) is 0 Å². The van der Waals surface area contributed by atoms with E-state index in [0.717, 1.165) is 6.07 Å². The Bertz CT molecular complexity index is 372. The fourth-order valence-electron chi connectivity index (χ4n) is 0.855. The zero-order chi connectivity index (χ0) is 11.9. The van der Waals surface area contributed by atoms with Crippen LogP contribution in [0.15, 0.2) is 18.2 Å². The molecule has 0 aliphatic heterocycles. The molecule has 0 atom stereocenters. The van der Waals surface area contributed by atoms with Crippen LogP contribution in [0.2, 0.25) is 10.0 Å². The Balaban J connectivity index is 3.22. The van der Waals surface area contributed by atoms with E-state index in [1.807, 2.05) is 0 Å². The molecule has 0 unspecified atom stereocenters. The van der Waals surface area contributed by atoms with Crippen LogP contribution < -0.4 is 0 Å². The Labute approximate surface area is 91.6 Å². The van der Waals surface area contributed by atoms with Crippen molar-refractivity contribution in [3.8, 4) is 0 Å². The van der Waals surface area contributed by atoms with E-state index < -0.39 is 17.7 Å². The average Bonchev–Trinajstić information content (AvgIpc) is 2.07. The maximum atomic E-state index is 12.7. The minimum atomic E-state index is -5.65. The van der Waals surface area contributed by atoms with Gasteiger partial charge in [-0.2, -0.15) is 22.0 Å². The first-order valence-corrected chi connectivity index (χ1v) is 4.32. The highest BCUT2D eigenvalue weighted by Crippen LogP contribution is 2.44. The van der Waals surface area contributed by atoms with Gasteiger partial charge >= 0.3 is 12.1 Å². The quantitative estimate of drug-likeness (QED) is 0.648. The number of alkyl halides is 5. The smallest absolute Gasteiger partial charge is 0.191 e. The molecule has 0 aliphatic rings. The second kappa shape index (κ2) is 3.79. The maximum absolute atomic E-state index is 12.7. The lowest BCUT2D eigenvalue weighted by Crippen LogP contribution is -2.33. The predicted molar refractivity (Wildman–Crippen MR) is 46.4 cm³/mol. The third kappa shape index (κ3) is 2.34. The highest BCUT2D eigenvalue weighted by atomic mass is 35.5. The molecule has 1 aromatic rings. The van der Waals surface area contributed by atoms with E-state index in [1.54, 1.807) is 0 Å². The van der Waals surface area contributed by atoms with Crippen LogP contribution in [0.1, 0.15) is 5.56 Å². The molecule has 1 aromatic carbocycles. The van der Waals surface area contributed by atoms with Crippen LogP contribution in [0, 0.1) is 0 Å². The number of hydrogen-bond acceptors (Lipinski definition) is 0. The summed E-state index contributed by atoms with van der Waals surface area (Å²) in [4.78, 5) is 0. The van der Waals surface area contributed by atoms with Crippen LogP contribution in [-0.4, -0.2) is 6.18 Å². The molecule has 0 saturated carbocycles. The summed E-state index contributed by atoms with van der Waals surface area (Å²) < 4.78 is 61.3. The Hall–Kier alpha value is -0.550. The molecule has 7 heteroatoms. The van der Waals surface area contributed by atoms with Crippen LogP contribution in [0.25, 0.3) is 0 Å². The highest BCUT2D eigenvalue weighted by Gasteiger charge is 2.58. The molecule has 84 valence electrons. The van der Waals surface area contributed by atoms with Crippen LogP contribution in [-0.2, 0) is 5.92 Å². The molecule has 0 aromatic heterocycles. The molecule has 0 nitrogen and oxygen atoms in total. The van der Waals surface area contributed by atoms with Crippen molar-refractivity contribution in [1.82, 2.24) is 0 Å². The van der Waals surface area contributed by atoms with Crippen molar-refractivity contribution in [2.24, 2.45) is 0 Å². The summed E-state index contributed by atoms with van der Waals surface area (Å²) in [6.07, 6.45) is -5.65. The Morgan fingerprint density at radius 1 is 0.867 bits per heavy atom. The summed E-state index contributed by atoms with van der Waals surface area (Å²) in [5, 5.41) is -0.434. The molecule has 0 bridgehead atoms. The lowest BCUT2D eigenvalue weighted by atomic mass is 10.1. The molecule has 0 spiro atoms. The summed E-state index contributed by atoms with van der Waals surface area (Å²) >= 11 is 10.7. The van der Waals surface area contributed by atoms with Crippen molar-refractivity contribution in [2.45, 2.75) is 12.1 Å². The molecule has 0 radical (unpaired) electrons. The van der Waals surface area contributed by atoms with E-state index in [0.29, 0.717) is 12.1 Å². The Morgan fingerprint density at radius 2 is 1.40 bits per heavy atom. The molecular weight excluding hydrogens is 262 g/mol. The molecular formula is C8H3Cl2F5. The van der Waals surface area contributed by atoms with Gasteiger partial charge < -0.3 is 0 Å². The normalized spacial score (nSPS) is 13.0. The van der Waals surface area contributed by atoms with Crippen LogP contribution in [0.4, 0.5) is 22.0 Å². The monoisotopic (exact) mass is 264 g/mol. The van der Waals surface area contributed by atoms with Crippen molar-refractivity contribution in [1.29, 1.82) is 0 Å². The summed E-state index contributed by atoms with van der Waals surface area (Å²) in [6.45, 7) is 0. The fourth-order valence-corrected chi connectivity index (χ4v) is 1.15. The van der Waals surface area contributed by atoms with Crippen molar-refractivity contribution in [3.63, 3.8) is 0 Å². The number of rotatable bonds is 1. The molecule has 0 saturated heterocycles. The zero-order valence-electron chi connectivity index (χ0n) is 6.88. The number of hydrogen-bond donors (Lipinski definition) is 0. The van der Waals surface area contributed by atoms with Crippen molar-refractivity contribution in [2.75, 3.05) is 0 Å². The van der Waals surface area contributed by atoms with Crippen LogP contribution >= 0.6 is 23.2 Å². The standard InChI is InChI=1S/C8H3Cl2F5/c9-5-2-1-4(3-6(5)10)7(11,12)8(13,14)15/h1-3H. The van der Waals surface area contributed by atoms with E-state index in [2.05, 4.69) is 0 Å². The van der Waals surface area contributed by atoms with E-state index >= 15 is 0 Å². The number of benzene rings is 1. The van der Waals surface area contributed by atoms with Gasteiger partial charge in [0.05, 0.1) is 10.0 Å². The van der Waals surface area contributed by atoms with E-state index in [9.17, 15) is 22.0 Å². The largest absolute Gasteiger partial charge is 0.458 e. The maximum Gasteiger partial charge on any atom is 0.458 e. The van der Waals surface area contributed by atoms with E-state index in [-0.39, 0.29) is 10.0 Å². The molecule has 15 heavy (non-hydrogen) atoms. The second-order valence-corrected chi connectivity index (χ2v) is 3.52. The molecule has 0 amide bonds. The fraction of sp³-hybridized carbons (Fsp3) is 0.250. The van der Waals surface area contributed by atoms with Gasteiger partial charge in [-0.15, -0.1) is 0 Å². The van der Waals surface area contributed by atoms with Crippen molar-refractivity contribution >= 4 is 23.2 Å². The van der Waals surface area contributed by atoms with Crippen LogP contribution in [0.5, 0.6) is 0 Å². The Morgan fingerprint density at radius 3 is 1.80 bits per heavy atom. The molecule has 0 fully saturated rings. The van der Waals surface area contributed by atoms with Gasteiger partial charge in [0.25, 0.3) is 0 Å². The third-order valence-corrected chi connectivity index (χ3v) is 2.38. The lowest BCUT2D eigenvalue weighted by molar-refractivity contribution is -0.289. The van der Waals surface area contributed by atoms with Gasteiger partial charge in [-0.3, -0.25) is 0 Å². The highest BCUT2D eigenvalue weighted by molar-refractivity contribution is 6.42. The minimum absolute atomic E-state index is 0.0848. The minimum Gasteiger partial charge on any atom is -0.191 e. The first-order chi connectivity index (χ1) is 6.66. The van der Waals surface area contributed by atoms with Gasteiger partial charge in [0.2, 0.25) is 0 Å². The average molecular weight is 265 g/mol. The van der Waals surface area contributed by atoms with E-state index in [1.165, 1.54) is 0 Å². The summed E-state index contributed by atoms with van der Waals surface area (Å²) in [6, 6.07) is 1.97. The van der Waals surface area contributed by atoms with Gasteiger partial charge in [-0.25, -0.2) is 0 Å². The summed E-state index contributed by atoms with van der Waals surface area (Å²) in [5.74, 6) is -4.93.